The van der Waals surface area contributed by atoms with Gasteiger partial charge in [0.2, 0.25) is 0 Å². The van der Waals surface area contributed by atoms with Gasteiger partial charge in [-0.15, -0.1) is 0 Å². The summed E-state index contributed by atoms with van der Waals surface area (Å²) in [4.78, 5) is 0. The molecule has 0 saturated carbocycles. The molecule has 0 aliphatic heterocycles. The smallest absolute Gasteiger partial charge is 0.147 e. The first-order valence-electron chi connectivity index (χ1n) is 4.64. The van der Waals surface area contributed by atoms with Crippen LogP contribution in [0, 0.1) is 5.82 Å². The molecule has 0 bridgehead atoms. The fraction of sp³-hybridized carbons (Fsp3) is 0.400. The summed E-state index contributed by atoms with van der Waals surface area (Å²) in [5.41, 5.74) is 0. The van der Waals surface area contributed by atoms with Gasteiger partial charge in [-0.3, -0.25) is 0 Å². The molecule has 0 unspecified atom stereocenters. The maximum absolute atomic E-state index is 13.1. The highest BCUT2D eigenvalue weighted by Crippen LogP contribution is 2.20. The molecule has 3 nitrogen and oxygen atoms in total. The van der Waals surface area contributed by atoms with Crippen LogP contribution in [0.15, 0.2) is 22.7 Å². The first-order valence-corrected chi connectivity index (χ1v) is 7.49. The van der Waals surface area contributed by atoms with Gasteiger partial charge >= 0.3 is 0 Å². The van der Waals surface area contributed by atoms with Crippen LogP contribution >= 0.6 is 15.9 Å². The Balaban J connectivity index is 2.41. The number of rotatable bonds is 5. The molecule has 0 aliphatic carbocycles. The van der Waals surface area contributed by atoms with Gasteiger partial charge in [0.1, 0.15) is 21.4 Å². The molecular formula is C10H12BrFO3S. The summed E-state index contributed by atoms with van der Waals surface area (Å²) < 4.78 is 40.3. The van der Waals surface area contributed by atoms with Gasteiger partial charge in [-0.1, -0.05) is 0 Å². The van der Waals surface area contributed by atoms with Gasteiger partial charge in [-0.05, 0) is 34.5 Å². The van der Waals surface area contributed by atoms with Gasteiger partial charge in [0.05, 0.1) is 16.8 Å². The number of hydrogen-bond donors (Lipinski definition) is 0. The van der Waals surface area contributed by atoms with Crippen molar-refractivity contribution in [2.24, 2.45) is 0 Å². The highest BCUT2D eigenvalue weighted by molar-refractivity contribution is 9.10. The Morgan fingerprint density at radius 3 is 2.69 bits per heavy atom. The highest BCUT2D eigenvalue weighted by Gasteiger charge is 2.03. The molecule has 1 aromatic rings. The van der Waals surface area contributed by atoms with Crippen LogP contribution in [0.2, 0.25) is 0 Å². The van der Waals surface area contributed by atoms with Crippen LogP contribution in [0.25, 0.3) is 0 Å². The standard InChI is InChI=1S/C10H12BrFO3S/c1-16(13,14)6-2-5-15-8-3-4-9(11)10(12)7-8/h3-4,7H,2,5-6H2,1H3. The van der Waals surface area contributed by atoms with Crippen molar-refractivity contribution in [3.63, 3.8) is 0 Å². The van der Waals surface area contributed by atoms with Crippen molar-refractivity contribution in [3.05, 3.63) is 28.5 Å². The van der Waals surface area contributed by atoms with E-state index in [4.69, 9.17) is 4.74 Å². The molecule has 1 aromatic carbocycles. The van der Waals surface area contributed by atoms with E-state index in [1.54, 1.807) is 12.1 Å². The van der Waals surface area contributed by atoms with E-state index < -0.39 is 15.7 Å². The Hall–Kier alpha value is -0.620. The minimum absolute atomic E-state index is 0.0754. The van der Waals surface area contributed by atoms with Crippen molar-refractivity contribution < 1.29 is 17.5 Å². The van der Waals surface area contributed by atoms with Crippen LogP contribution < -0.4 is 4.74 Å². The molecule has 0 fully saturated rings. The van der Waals surface area contributed by atoms with Crippen molar-refractivity contribution in [1.29, 1.82) is 0 Å². The van der Waals surface area contributed by atoms with E-state index in [2.05, 4.69) is 15.9 Å². The van der Waals surface area contributed by atoms with E-state index in [0.717, 1.165) is 0 Å². The second-order valence-corrected chi connectivity index (χ2v) is 6.52. The lowest BCUT2D eigenvalue weighted by Crippen LogP contribution is -2.08. The van der Waals surface area contributed by atoms with Crippen molar-refractivity contribution in [3.8, 4) is 5.75 Å². The summed E-state index contributed by atoms with van der Waals surface area (Å²) in [5, 5.41) is 0. The predicted molar refractivity (Wildman–Crippen MR) is 63.9 cm³/mol. The largest absolute Gasteiger partial charge is 0.493 e. The van der Waals surface area contributed by atoms with Crippen LogP contribution in [0.3, 0.4) is 0 Å². The number of halogens is 2. The Morgan fingerprint density at radius 1 is 1.44 bits per heavy atom. The third-order valence-electron chi connectivity index (χ3n) is 1.82. The molecule has 6 heteroatoms. The number of hydrogen-bond acceptors (Lipinski definition) is 3. The summed E-state index contributed by atoms with van der Waals surface area (Å²) in [5.74, 6) is 0.0706. The second kappa shape index (κ2) is 5.63. The fourth-order valence-electron chi connectivity index (χ4n) is 1.08. The van der Waals surface area contributed by atoms with E-state index in [1.807, 2.05) is 0 Å². The molecule has 0 aliphatic rings. The Kier molecular flexibility index (Phi) is 4.73. The molecule has 0 spiro atoms. The Bertz CT molecular complexity index is 459. The summed E-state index contributed by atoms with van der Waals surface area (Å²) >= 11 is 3.03. The molecular weight excluding hydrogens is 299 g/mol. The molecule has 0 aromatic heterocycles. The van der Waals surface area contributed by atoms with Gasteiger partial charge in [0.25, 0.3) is 0 Å². The van der Waals surface area contributed by atoms with E-state index in [-0.39, 0.29) is 12.4 Å². The third-order valence-corrected chi connectivity index (χ3v) is 3.49. The van der Waals surface area contributed by atoms with Crippen LogP contribution in [-0.4, -0.2) is 27.0 Å². The molecule has 0 saturated heterocycles. The highest BCUT2D eigenvalue weighted by atomic mass is 79.9. The number of sulfone groups is 1. The van der Waals surface area contributed by atoms with Crippen molar-refractivity contribution in [2.45, 2.75) is 6.42 Å². The van der Waals surface area contributed by atoms with Gasteiger partial charge in [-0.25, -0.2) is 12.8 Å². The molecule has 0 heterocycles. The zero-order chi connectivity index (χ0) is 12.2. The lowest BCUT2D eigenvalue weighted by molar-refractivity contribution is 0.316. The predicted octanol–water partition coefficient (Wildman–Crippen LogP) is 2.40. The first kappa shape index (κ1) is 13.4. The molecule has 16 heavy (non-hydrogen) atoms. The maximum Gasteiger partial charge on any atom is 0.147 e. The fourth-order valence-corrected chi connectivity index (χ4v) is 1.97. The zero-order valence-electron chi connectivity index (χ0n) is 8.74. The quantitative estimate of drug-likeness (QED) is 0.784. The van der Waals surface area contributed by atoms with Crippen LogP contribution in [0.4, 0.5) is 4.39 Å². The zero-order valence-corrected chi connectivity index (χ0v) is 11.1. The van der Waals surface area contributed by atoms with Crippen LogP contribution in [-0.2, 0) is 9.84 Å². The topological polar surface area (TPSA) is 43.4 Å². The van der Waals surface area contributed by atoms with E-state index in [9.17, 15) is 12.8 Å². The van der Waals surface area contributed by atoms with E-state index >= 15 is 0 Å². The number of ether oxygens (including phenoxy) is 1. The molecule has 0 atom stereocenters. The number of benzene rings is 1. The second-order valence-electron chi connectivity index (χ2n) is 3.41. The van der Waals surface area contributed by atoms with Gasteiger partial charge in [0, 0.05) is 12.3 Å². The van der Waals surface area contributed by atoms with E-state index in [1.165, 1.54) is 12.3 Å². The monoisotopic (exact) mass is 310 g/mol. The maximum atomic E-state index is 13.1. The Labute approximate surface area is 103 Å². The average molecular weight is 311 g/mol. The lowest BCUT2D eigenvalue weighted by Gasteiger charge is -2.06. The Morgan fingerprint density at radius 2 is 2.12 bits per heavy atom. The molecule has 0 radical (unpaired) electrons. The summed E-state index contributed by atoms with van der Waals surface area (Å²) in [7, 11) is -2.96. The third kappa shape index (κ3) is 4.94. The van der Waals surface area contributed by atoms with Crippen LogP contribution in [0.1, 0.15) is 6.42 Å². The van der Waals surface area contributed by atoms with Crippen molar-refractivity contribution >= 4 is 25.8 Å². The van der Waals surface area contributed by atoms with Crippen molar-refractivity contribution in [1.82, 2.24) is 0 Å². The van der Waals surface area contributed by atoms with E-state index in [0.29, 0.717) is 16.6 Å². The normalized spacial score (nSPS) is 11.4. The molecule has 0 N–H and O–H groups in total. The molecule has 90 valence electrons. The summed E-state index contributed by atoms with van der Waals surface area (Å²) in [6.45, 7) is 0.258. The summed E-state index contributed by atoms with van der Waals surface area (Å²) in [6.07, 6.45) is 1.57. The molecule has 0 amide bonds. The average Bonchev–Trinajstić information content (AvgIpc) is 2.17. The SMILES string of the molecule is CS(=O)(=O)CCCOc1ccc(Br)c(F)c1. The van der Waals surface area contributed by atoms with Gasteiger partial charge in [0.15, 0.2) is 0 Å². The minimum Gasteiger partial charge on any atom is -0.493 e. The van der Waals surface area contributed by atoms with Crippen molar-refractivity contribution in [2.75, 3.05) is 18.6 Å². The van der Waals surface area contributed by atoms with Crippen LogP contribution in [0.5, 0.6) is 5.75 Å². The first-order chi connectivity index (χ1) is 7.38. The van der Waals surface area contributed by atoms with Gasteiger partial charge < -0.3 is 4.74 Å². The molecule has 1 rings (SSSR count). The van der Waals surface area contributed by atoms with Gasteiger partial charge in [-0.2, -0.15) is 0 Å². The summed E-state index contributed by atoms with van der Waals surface area (Å²) in [6, 6.07) is 4.42. The minimum atomic E-state index is -2.96. The lowest BCUT2D eigenvalue weighted by atomic mass is 10.3.